The largest absolute Gasteiger partial charge is 0.486 e. The summed E-state index contributed by atoms with van der Waals surface area (Å²) >= 11 is 0. The highest BCUT2D eigenvalue weighted by Gasteiger charge is 2.32. The van der Waals surface area contributed by atoms with Gasteiger partial charge in [0, 0.05) is 10.8 Å². The van der Waals surface area contributed by atoms with E-state index in [1.54, 1.807) is 0 Å². The van der Waals surface area contributed by atoms with E-state index >= 15 is 0 Å². The molecular formula is C20H14F3N3O3. The van der Waals surface area contributed by atoms with Crippen LogP contribution in [0.3, 0.4) is 0 Å². The Morgan fingerprint density at radius 1 is 1.10 bits per heavy atom. The van der Waals surface area contributed by atoms with Gasteiger partial charge in [-0.3, -0.25) is 0 Å². The molecule has 6 nitrogen and oxygen atoms in total. The minimum Gasteiger partial charge on any atom is -0.486 e. The lowest BCUT2D eigenvalue weighted by molar-refractivity contribution is -0.137. The lowest BCUT2D eigenvalue weighted by Crippen LogP contribution is -2.14. The predicted molar refractivity (Wildman–Crippen MR) is 97.6 cm³/mol. The van der Waals surface area contributed by atoms with E-state index < -0.39 is 17.7 Å². The third kappa shape index (κ3) is 3.35. The summed E-state index contributed by atoms with van der Waals surface area (Å²) in [7, 11) is 1.20. The molecule has 0 saturated heterocycles. The molecule has 2 heterocycles. The van der Waals surface area contributed by atoms with Crippen LogP contribution in [0.2, 0.25) is 0 Å². The molecule has 9 heteroatoms. The summed E-state index contributed by atoms with van der Waals surface area (Å²) in [6.45, 7) is 0.0984. The second-order valence-corrected chi connectivity index (χ2v) is 6.20. The van der Waals surface area contributed by atoms with Crippen molar-refractivity contribution in [2.75, 3.05) is 7.11 Å². The van der Waals surface area contributed by atoms with E-state index in [1.807, 2.05) is 30.3 Å². The summed E-state index contributed by atoms with van der Waals surface area (Å²) in [5, 5.41) is 4.45. The van der Waals surface area contributed by atoms with Crippen molar-refractivity contribution in [2.24, 2.45) is 0 Å². The average molecular weight is 401 g/mol. The van der Waals surface area contributed by atoms with E-state index in [9.17, 15) is 18.0 Å². The molecule has 0 N–H and O–H groups in total. The molecule has 0 fully saturated rings. The molecule has 4 aromatic rings. The van der Waals surface area contributed by atoms with Crippen LogP contribution >= 0.6 is 0 Å². The van der Waals surface area contributed by atoms with Gasteiger partial charge in [0.25, 0.3) is 0 Å². The number of carbonyl (C=O) groups excluding carboxylic acids is 1. The first-order chi connectivity index (χ1) is 13.9. The van der Waals surface area contributed by atoms with Crippen molar-refractivity contribution in [3.8, 4) is 5.75 Å². The number of fused-ring (bicyclic) bond motifs is 3. The van der Waals surface area contributed by atoms with Gasteiger partial charge in [-0.05, 0) is 23.8 Å². The lowest BCUT2D eigenvalue weighted by atomic mass is 10.1. The minimum atomic E-state index is -4.53. The maximum absolute atomic E-state index is 13.2. The Bertz CT molecular complexity index is 1200. The Labute approximate surface area is 162 Å². The number of rotatable bonds is 4. The fourth-order valence-corrected chi connectivity index (χ4v) is 3.07. The monoisotopic (exact) mass is 401 g/mol. The van der Waals surface area contributed by atoms with Crippen LogP contribution in [0.4, 0.5) is 13.2 Å². The van der Waals surface area contributed by atoms with Crippen LogP contribution in [0, 0.1) is 0 Å². The number of alkyl halides is 3. The average Bonchev–Trinajstić information content (AvgIpc) is 3.20. The van der Waals surface area contributed by atoms with Crippen molar-refractivity contribution >= 4 is 22.4 Å². The number of ether oxygens (including phenoxy) is 2. The van der Waals surface area contributed by atoms with Crippen LogP contribution in [0.5, 0.6) is 5.75 Å². The number of hydrogen-bond donors (Lipinski definition) is 0. The molecular weight excluding hydrogens is 387 g/mol. The zero-order chi connectivity index (χ0) is 20.6. The first-order valence-electron chi connectivity index (χ1n) is 8.52. The SMILES string of the molecule is COC(=O)c1c(OCc2ccccc2)c2ccc(C(F)(F)F)cc2c2ncnn12. The molecule has 0 spiro atoms. The molecule has 0 aliphatic heterocycles. The lowest BCUT2D eigenvalue weighted by Gasteiger charge is -2.16. The predicted octanol–water partition coefficient (Wildman–Crippen LogP) is 4.27. The Balaban J connectivity index is 1.97. The van der Waals surface area contributed by atoms with Crippen molar-refractivity contribution in [1.29, 1.82) is 0 Å². The third-order valence-corrected chi connectivity index (χ3v) is 4.41. The van der Waals surface area contributed by atoms with Crippen LogP contribution in [0.15, 0.2) is 54.9 Å². The number of pyridine rings is 1. The molecule has 0 unspecified atom stereocenters. The van der Waals surface area contributed by atoms with Crippen LogP contribution in [-0.4, -0.2) is 27.7 Å². The van der Waals surface area contributed by atoms with E-state index in [0.717, 1.165) is 28.5 Å². The van der Waals surface area contributed by atoms with Crippen molar-refractivity contribution in [1.82, 2.24) is 14.6 Å². The summed E-state index contributed by atoms with van der Waals surface area (Å²) in [6.07, 6.45) is -3.38. The summed E-state index contributed by atoms with van der Waals surface area (Å²) in [4.78, 5) is 16.5. The van der Waals surface area contributed by atoms with E-state index in [1.165, 1.54) is 13.2 Å². The van der Waals surface area contributed by atoms with Crippen LogP contribution < -0.4 is 4.74 Å². The van der Waals surface area contributed by atoms with Gasteiger partial charge in [-0.2, -0.15) is 18.3 Å². The number of esters is 1. The molecule has 0 amide bonds. The maximum Gasteiger partial charge on any atom is 0.416 e. The van der Waals surface area contributed by atoms with Gasteiger partial charge in [0.15, 0.2) is 17.1 Å². The van der Waals surface area contributed by atoms with Gasteiger partial charge in [-0.1, -0.05) is 30.3 Å². The Hall–Kier alpha value is -3.62. The normalized spacial score (nSPS) is 11.7. The van der Waals surface area contributed by atoms with Crippen molar-refractivity contribution in [2.45, 2.75) is 12.8 Å². The Morgan fingerprint density at radius 2 is 1.86 bits per heavy atom. The first-order valence-corrected chi connectivity index (χ1v) is 8.52. The van der Waals surface area contributed by atoms with Gasteiger partial charge >= 0.3 is 12.1 Å². The topological polar surface area (TPSA) is 65.7 Å². The van der Waals surface area contributed by atoms with Gasteiger partial charge in [0.2, 0.25) is 0 Å². The number of carbonyl (C=O) groups is 1. The molecule has 0 bridgehead atoms. The number of benzene rings is 2. The zero-order valence-corrected chi connectivity index (χ0v) is 15.1. The molecule has 0 saturated carbocycles. The highest BCUT2D eigenvalue weighted by atomic mass is 19.4. The second kappa shape index (κ2) is 7.08. The third-order valence-electron chi connectivity index (χ3n) is 4.41. The maximum atomic E-state index is 13.2. The van der Waals surface area contributed by atoms with Crippen molar-refractivity contribution in [3.05, 3.63) is 71.7 Å². The first kappa shape index (κ1) is 18.7. The number of nitrogens with zero attached hydrogens (tertiary/aromatic N) is 3. The van der Waals surface area contributed by atoms with Gasteiger partial charge in [0.1, 0.15) is 12.9 Å². The van der Waals surface area contributed by atoms with Gasteiger partial charge in [-0.25, -0.2) is 14.3 Å². The molecule has 148 valence electrons. The zero-order valence-electron chi connectivity index (χ0n) is 15.1. The van der Waals surface area contributed by atoms with Gasteiger partial charge in [0.05, 0.1) is 12.7 Å². The molecule has 0 aliphatic rings. The van der Waals surface area contributed by atoms with E-state index in [-0.39, 0.29) is 29.1 Å². The summed E-state index contributed by atoms with van der Waals surface area (Å²) in [5.41, 5.74) is 0.0264. The van der Waals surface area contributed by atoms with E-state index in [2.05, 4.69) is 10.1 Å². The Morgan fingerprint density at radius 3 is 2.55 bits per heavy atom. The second-order valence-electron chi connectivity index (χ2n) is 6.20. The number of methoxy groups -OCH3 is 1. The van der Waals surface area contributed by atoms with Crippen molar-refractivity contribution < 1.29 is 27.4 Å². The van der Waals surface area contributed by atoms with Crippen molar-refractivity contribution in [3.63, 3.8) is 0 Å². The van der Waals surface area contributed by atoms with E-state index in [4.69, 9.17) is 9.47 Å². The number of hydrogen-bond acceptors (Lipinski definition) is 5. The molecule has 2 aromatic heterocycles. The number of halogens is 3. The summed E-state index contributed by atoms with van der Waals surface area (Å²) < 4.78 is 51.5. The molecule has 0 atom stereocenters. The highest BCUT2D eigenvalue weighted by molar-refractivity contribution is 6.05. The quantitative estimate of drug-likeness (QED) is 0.478. The highest BCUT2D eigenvalue weighted by Crippen LogP contribution is 2.37. The van der Waals surface area contributed by atoms with Gasteiger partial charge in [-0.15, -0.1) is 0 Å². The van der Waals surface area contributed by atoms with Crippen LogP contribution in [0.1, 0.15) is 21.6 Å². The standard InChI is InChI=1S/C20H14F3N3O3/c1-28-19(27)16-17(29-10-12-5-3-2-4-6-12)14-8-7-13(20(21,22)23)9-15(14)18-24-11-25-26(16)18/h2-9,11H,10H2,1H3. The van der Waals surface area contributed by atoms with Crippen LogP contribution in [0.25, 0.3) is 16.4 Å². The molecule has 0 radical (unpaired) electrons. The molecule has 2 aromatic carbocycles. The smallest absolute Gasteiger partial charge is 0.416 e. The fraction of sp³-hybridized carbons (Fsp3) is 0.150. The fourth-order valence-electron chi connectivity index (χ4n) is 3.07. The summed E-state index contributed by atoms with van der Waals surface area (Å²) in [6, 6.07) is 12.3. The minimum absolute atomic E-state index is 0.0526. The van der Waals surface area contributed by atoms with Crippen LogP contribution in [-0.2, 0) is 17.5 Å². The number of aromatic nitrogens is 3. The molecule has 0 aliphatic carbocycles. The van der Waals surface area contributed by atoms with E-state index in [0.29, 0.717) is 5.39 Å². The Kier molecular flexibility index (Phi) is 4.57. The molecule has 4 rings (SSSR count). The molecule has 29 heavy (non-hydrogen) atoms. The van der Waals surface area contributed by atoms with Gasteiger partial charge < -0.3 is 9.47 Å². The summed E-state index contributed by atoms with van der Waals surface area (Å²) in [5.74, 6) is -0.673.